The van der Waals surface area contributed by atoms with Crippen LogP contribution in [0.25, 0.3) is 0 Å². The Morgan fingerprint density at radius 1 is 1.00 bits per heavy atom. The largest absolute Gasteiger partial charge is 0.484 e. The smallest absolute Gasteiger partial charge is 0.305 e. The van der Waals surface area contributed by atoms with E-state index in [2.05, 4.69) is 16.2 Å². The van der Waals surface area contributed by atoms with Crippen molar-refractivity contribution in [3.63, 3.8) is 0 Å². The van der Waals surface area contributed by atoms with Crippen LogP contribution in [0.2, 0.25) is 10.0 Å². The van der Waals surface area contributed by atoms with E-state index in [1.165, 1.54) is 0 Å². The number of rotatable bonds is 6. The van der Waals surface area contributed by atoms with Gasteiger partial charge in [-0.2, -0.15) is 0 Å². The topological polar surface area (TPSA) is 75.5 Å². The Morgan fingerprint density at radius 3 is 2.52 bits per heavy atom. The first-order valence-electron chi connectivity index (χ1n) is 8.56. The second-order valence-corrected chi connectivity index (χ2v) is 7.13. The summed E-state index contributed by atoms with van der Waals surface area (Å²) in [6.45, 7) is 0.634. The Hall–Kier alpha value is -2.74. The minimum atomic E-state index is -0.468. The van der Waals surface area contributed by atoms with Gasteiger partial charge in [0, 0.05) is 11.6 Å². The van der Waals surface area contributed by atoms with Crippen LogP contribution >= 0.6 is 35.4 Å². The van der Waals surface area contributed by atoms with Gasteiger partial charge in [-0.05, 0) is 54.2 Å². The van der Waals surface area contributed by atoms with Crippen LogP contribution in [0.5, 0.6) is 5.75 Å². The molecule has 29 heavy (non-hydrogen) atoms. The van der Waals surface area contributed by atoms with E-state index in [4.69, 9.17) is 44.6 Å². The molecule has 6 nitrogen and oxygen atoms in total. The SMILES string of the molecule is O=C(NNC(=S)NCc1ccc(Cl)cc1)c1ccc(COc2ccccc2Cl)o1. The summed E-state index contributed by atoms with van der Waals surface area (Å²) >= 11 is 17.0. The number of benzene rings is 2. The highest BCUT2D eigenvalue weighted by molar-refractivity contribution is 7.80. The number of ether oxygens (including phenoxy) is 1. The first kappa shape index (κ1) is 21.0. The predicted molar refractivity (Wildman–Crippen MR) is 116 cm³/mol. The third kappa shape index (κ3) is 6.39. The number of thiocarbonyl (C=S) groups is 1. The Morgan fingerprint density at radius 2 is 1.76 bits per heavy atom. The average Bonchev–Trinajstić information content (AvgIpc) is 3.20. The minimum absolute atomic E-state index is 0.121. The van der Waals surface area contributed by atoms with Gasteiger partial charge in [0.1, 0.15) is 18.1 Å². The number of nitrogens with one attached hydrogen (secondary N) is 3. The maximum absolute atomic E-state index is 12.2. The summed E-state index contributed by atoms with van der Waals surface area (Å²) in [5, 5.41) is 4.40. The van der Waals surface area contributed by atoms with Crippen molar-refractivity contribution in [3.05, 3.63) is 87.8 Å². The molecule has 0 atom stereocenters. The van der Waals surface area contributed by atoms with Gasteiger partial charge in [0.15, 0.2) is 10.9 Å². The van der Waals surface area contributed by atoms with Crippen LogP contribution in [-0.4, -0.2) is 11.0 Å². The number of hydrogen-bond acceptors (Lipinski definition) is 4. The van der Waals surface area contributed by atoms with Crippen molar-refractivity contribution < 1.29 is 13.9 Å². The summed E-state index contributed by atoms with van der Waals surface area (Å²) in [6, 6.07) is 17.7. The van der Waals surface area contributed by atoms with Crippen molar-refractivity contribution in [1.82, 2.24) is 16.2 Å². The second-order valence-electron chi connectivity index (χ2n) is 5.87. The van der Waals surface area contributed by atoms with Crippen molar-refractivity contribution in [3.8, 4) is 5.75 Å². The molecule has 150 valence electrons. The molecule has 1 aromatic heterocycles. The number of carbonyl (C=O) groups is 1. The number of para-hydroxylation sites is 1. The molecule has 3 aromatic rings. The van der Waals surface area contributed by atoms with E-state index < -0.39 is 5.91 Å². The monoisotopic (exact) mass is 449 g/mol. The highest BCUT2D eigenvalue weighted by atomic mass is 35.5. The Labute approximate surface area is 183 Å². The van der Waals surface area contributed by atoms with Gasteiger partial charge in [-0.25, -0.2) is 0 Å². The van der Waals surface area contributed by atoms with Crippen LogP contribution < -0.4 is 20.9 Å². The summed E-state index contributed by atoms with van der Waals surface area (Å²) in [4.78, 5) is 12.2. The highest BCUT2D eigenvalue weighted by Crippen LogP contribution is 2.24. The van der Waals surface area contributed by atoms with Gasteiger partial charge in [-0.1, -0.05) is 47.5 Å². The fourth-order valence-electron chi connectivity index (χ4n) is 2.29. The third-order valence-corrected chi connectivity index (χ3v) is 4.56. The normalized spacial score (nSPS) is 10.3. The Kier molecular flexibility index (Phi) is 7.35. The van der Waals surface area contributed by atoms with Crippen molar-refractivity contribution in [2.75, 3.05) is 0 Å². The quantitative estimate of drug-likeness (QED) is 0.380. The zero-order valence-electron chi connectivity index (χ0n) is 15.1. The molecular formula is C20H17Cl2N3O3S. The first-order chi connectivity index (χ1) is 14.0. The summed E-state index contributed by atoms with van der Waals surface area (Å²) in [5.74, 6) is 0.675. The van der Waals surface area contributed by atoms with Gasteiger partial charge in [0.2, 0.25) is 0 Å². The van der Waals surface area contributed by atoms with Crippen molar-refractivity contribution in [2.24, 2.45) is 0 Å². The van der Waals surface area contributed by atoms with E-state index in [-0.39, 0.29) is 17.5 Å². The van der Waals surface area contributed by atoms with Crippen molar-refractivity contribution in [1.29, 1.82) is 0 Å². The van der Waals surface area contributed by atoms with Crippen LogP contribution in [0, 0.1) is 0 Å². The lowest BCUT2D eigenvalue weighted by atomic mass is 10.2. The van der Waals surface area contributed by atoms with Gasteiger partial charge in [-0.3, -0.25) is 15.6 Å². The van der Waals surface area contributed by atoms with Crippen LogP contribution in [0.15, 0.2) is 65.1 Å². The molecule has 0 aliphatic carbocycles. The van der Waals surface area contributed by atoms with Gasteiger partial charge in [0.05, 0.1) is 5.02 Å². The van der Waals surface area contributed by atoms with Crippen LogP contribution in [0.1, 0.15) is 21.9 Å². The number of carbonyl (C=O) groups excluding carboxylic acids is 1. The molecule has 0 spiro atoms. The molecule has 9 heteroatoms. The zero-order chi connectivity index (χ0) is 20.6. The molecule has 0 saturated carbocycles. The summed E-state index contributed by atoms with van der Waals surface area (Å²) in [7, 11) is 0. The van der Waals surface area contributed by atoms with E-state index in [1.54, 1.807) is 36.4 Å². The lowest BCUT2D eigenvalue weighted by molar-refractivity contribution is 0.0911. The van der Waals surface area contributed by atoms with Gasteiger partial charge >= 0.3 is 5.91 Å². The maximum atomic E-state index is 12.2. The molecule has 0 aliphatic rings. The molecule has 3 N–H and O–H groups in total. The predicted octanol–water partition coefficient (Wildman–Crippen LogP) is 4.47. The zero-order valence-corrected chi connectivity index (χ0v) is 17.4. The fraction of sp³-hybridized carbons (Fsp3) is 0.100. The summed E-state index contributed by atoms with van der Waals surface area (Å²) in [6.07, 6.45) is 0. The third-order valence-electron chi connectivity index (χ3n) is 3.75. The molecule has 0 saturated heterocycles. The molecule has 0 aliphatic heterocycles. The van der Waals surface area contributed by atoms with E-state index in [1.807, 2.05) is 24.3 Å². The van der Waals surface area contributed by atoms with E-state index in [0.29, 0.717) is 28.1 Å². The minimum Gasteiger partial charge on any atom is -0.484 e. The van der Waals surface area contributed by atoms with E-state index in [9.17, 15) is 4.79 Å². The standard InChI is InChI=1S/C20H17Cl2N3O3S/c21-14-7-5-13(6-8-14)11-23-20(29)25-24-19(26)18-10-9-15(28-18)12-27-17-4-2-1-3-16(17)22/h1-10H,11-12H2,(H,24,26)(H2,23,25,29). The molecule has 0 bridgehead atoms. The van der Waals surface area contributed by atoms with E-state index in [0.717, 1.165) is 5.56 Å². The molecular weight excluding hydrogens is 433 g/mol. The lowest BCUT2D eigenvalue weighted by Crippen LogP contribution is -2.46. The number of amides is 1. The second kappa shape index (κ2) is 10.2. The number of hydrogen-bond donors (Lipinski definition) is 3. The molecule has 1 amide bonds. The van der Waals surface area contributed by atoms with Gasteiger partial charge in [0.25, 0.3) is 0 Å². The first-order valence-corrected chi connectivity index (χ1v) is 9.72. The van der Waals surface area contributed by atoms with Crippen LogP contribution in [0.4, 0.5) is 0 Å². The van der Waals surface area contributed by atoms with Crippen molar-refractivity contribution in [2.45, 2.75) is 13.2 Å². The molecule has 2 aromatic carbocycles. The Balaban J connectivity index is 1.43. The van der Waals surface area contributed by atoms with E-state index >= 15 is 0 Å². The van der Waals surface area contributed by atoms with Crippen LogP contribution in [0.3, 0.4) is 0 Å². The highest BCUT2D eigenvalue weighted by Gasteiger charge is 2.12. The molecule has 3 rings (SSSR count). The number of hydrazine groups is 1. The number of furan rings is 1. The summed E-state index contributed by atoms with van der Waals surface area (Å²) in [5.41, 5.74) is 6.09. The number of halogens is 2. The molecule has 0 unspecified atom stereocenters. The van der Waals surface area contributed by atoms with Gasteiger partial charge < -0.3 is 14.5 Å². The molecule has 1 heterocycles. The fourth-order valence-corrected chi connectivity index (χ4v) is 2.73. The van der Waals surface area contributed by atoms with Gasteiger partial charge in [-0.15, -0.1) is 0 Å². The average molecular weight is 450 g/mol. The Bertz CT molecular complexity index is 993. The maximum Gasteiger partial charge on any atom is 0.305 e. The van der Waals surface area contributed by atoms with Crippen LogP contribution in [-0.2, 0) is 13.2 Å². The molecule has 0 fully saturated rings. The summed E-state index contributed by atoms with van der Waals surface area (Å²) < 4.78 is 11.1. The molecule has 0 radical (unpaired) electrons. The lowest BCUT2D eigenvalue weighted by Gasteiger charge is -2.11. The van der Waals surface area contributed by atoms with Crippen molar-refractivity contribution >= 4 is 46.4 Å².